The summed E-state index contributed by atoms with van der Waals surface area (Å²) in [6.45, 7) is 0.885. The van der Waals surface area contributed by atoms with Crippen LogP contribution in [0.25, 0.3) is 10.9 Å². The molecule has 0 bridgehead atoms. The van der Waals surface area contributed by atoms with Crippen molar-refractivity contribution >= 4 is 32.6 Å². The van der Waals surface area contributed by atoms with Gasteiger partial charge < -0.3 is 4.57 Å². The summed E-state index contributed by atoms with van der Waals surface area (Å²) in [5, 5.41) is 0.922. The highest BCUT2D eigenvalue weighted by atomic mass is 79.9. The summed E-state index contributed by atoms with van der Waals surface area (Å²) < 4.78 is 2.82. The summed E-state index contributed by atoms with van der Waals surface area (Å²) in [7, 11) is 0. The number of Topliss-reactive ketones (excluding diaryl/α,β-unsaturated/α-hetero) is 1. The van der Waals surface area contributed by atoms with Crippen LogP contribution in [0.5, 0.6) is 0 Å². The minimum atomic E-state index is 0.0799. The van der Waals surface area contributed by atoms with Gasteiger partial charge in [0.2, 0.25) is 0 Å². The maximum Gasteiger partial charge on any atom is 0.181 e. The summed E-state index contributed by atoms with van der Waals surface area (Å²) in [5.41, 5.74) is 1.29. The second-order valence-electron chi connectivity index (χ2n) is 5.07. The molecular weight excluding hydrogens is 344 g/mol. The molecule has 3 heterocycles. The highest BCUT2D eigenvalue weighted by Crippen LogP contribution is 2.21. The first-order chi connectivity index (χ1) is 10.7. The van der Waals surface area contributed by atoms with E-state index in [0.717, 1.165) is 34.8 Å². The SMILES string of the molecule is O=C(CCCCn1ccnc1)c1ccc2cncc(Br)c2n1. The third-order valence-electron chi connectivity index (χ3n) is 3.47. The predicted molar refractivity (Wildman–Crippen MR) is 87.6 cm³/mol. The van der Waals surface area contributed by atoms with E-state index >= 15 is 0 Å². The molecule has 0 amide bonds. The first kappa shape index (κ1) is 14.8. The molecule has 22 heavy (non-hydrogen) atoms. The third kappa shape index (κ3) is 3.39. The van der Waals surface area contributed by atoms with Gasteiger partial charge in [0.05, 0.1) is 16.3 Å². The first-order valence-corrected chi connectivity index (χ1v) is 7.92. The van der Waals surface area contributed by atoms with E-state index in [0.29, 0.717) is 12.1 Å². The predicted octanol–water partition coefficient (Wildman–Crippen LogP) is 3.64. The van der Waals surface area contributed by atoms with Gasteiger partial charge in [-0.05, 0) is 40.9 Å². The van der Waals surface area contributed by atoms with Crippen LogP contribution in [0.2, 0.25) is 0 Å². The number of unbranched alkanes of at least 4 members (excludes halogenated alkanes) is 1. The lowest BCUT2D eigenvalue weighted by Gasteiger charge is -2.04. The summed E-state index contributed by atoms with van der Waals surface area (Å²) in [4.78, 5) is 24.8. The number of hydrogen-bond acceptors (Lipinski definition) is 4. The summed E-state index contributed by atoms with van der Waals surface area (Å²) in [6, 6.07) is 3.66. The van der Waals surface area contributed by atoms with Crippen molar-refractivity contribution in [1.82, 2.24) is 19.5 Å². The van der Waals surface area contributed by atoms with Crippen molar-refractivity contribution in [2.75, 3.05) is 0 Å². The van der Waals surface area contributed by atoms with Crippen molar-refractivity contribution in [1.29, 1.82) is 0 Å². The monoisotopic (exact) mass is 358 g/mol. The minimum Gasteiger partial charge on any atom is -0.337 e. The van der Waals surface area contributed by atoms with E-state index < -0.39 is 0 Å². The number of carbonyl (C=O) groups excluding carboxylic acids is 1. The zero-order chi connectivity index (χ0) is 15.4. The third-order valence-corrected chi connectivity index (χ3v) is 4.05. The molecule has 0 N–H and O–H groups in total. The standard InChI is InChI=1S/C16H15BrN4O/c17-13-10-19-9-12-4-5-14(20-16(12)13)15(22)3-1-2-7-21-8-6-18-11-21/h4-6,8-11H,1-3,7H2. The van der Waals surface area contributed by atoms with Crippen molar-refractivity contribution in [2.24, 2.45) is 0 Å². The van der Waals surface area contributed by atoms with E-state index in [1.807, 2.05) is 16.8 Å². The number of nitrogens with zero attached hydrogens (tertiary/aromatic N) is 4. The molecule has 0 saturated heterocycles. The molecule has 0 aliphatic carbocycles. The van der Waals surface area contributed by atoms with Crippen LogP contribution in [-0.2, 0) is 6.54 Å². The molecule has 0 fully saturated rings. The molecule has 5 nitrogen and oxygen atoms in total. The maximum absolute atomic E-state index is 12.2. The molecule has 3 rings (SSSR count). The number of rotatable bonds is 6. The average Bonchev–Trinajstić information content (AvgIpc) is 3.05. The number of carbonyl (C=O) groups is 1. The van der Waals surface area contributed by atoms with Crippen molar-refractivity contribution in [2.45, 2.75) is 25.8 Å². The number of ketones is 1. The van der Waals surface area contributed by atoms with Crippen LogP contribution in [0.4, 0.5) is 0 Å². The molecule has 0 aliphatic heterocycles. The van der Waals surface area contributed by atoms with E-state index in [1.54, 1.807) is 31.0 Å². The van der Waals surface area contributed by atoms with Crippen LogP contribution in [0.15, 0.2) is 47.7 Å². The van der Waals surface area contributed by atoms with Crippen LogP contribution in [-0.4, -0.2) is 25.3 Å². The van der Waals surface area contributed by atoms with Crippen LogP contribution >= 0.6 is 15.9 Å². The second-order valence-corrected chi connectivity index (χ2v) is 5.92. The van der Waals surface area contributed by atoms with Crippen LogP contribution < -0.4 is 0 Å². The Hall–Kier alpha value is -2.08. The van der Waals surface area contributed by atoms with E-state index in [9.17, 15) is 4.79 Å². The van der Waals surface area contributed by atoms with Crippen LogP contribution in [0.3, 0.4) is 0 Å². The van der Waals surface area contributed by atoms with Crippen molar-refractivity contribution in [3.63, 3.8) is 0 Å². The van der Waals surface area contributed by atoms with Crippen molar-refractivity contribution < 1.29 is 4.79 Å². The number of aryl methyl sites for hydroxylation is 1. The normalized spacial score (nSPS) is 11.0. The summed E-state index contributed by atoms with van der Waals surface area (Å²) in [6.07, 6.45) is 11.2. The average molecular weight is 359 g/mol. The molecule has 0 saturated carbocycles. The lowest BCUT2D eigenvalue weighted by Crippen LogP contribution is -2.03. The van der Waals surface area contributed by atoms with Gasteiger partial charge in [0, 0.05) is 43.1 Å². The van der Waals surface area contributed by atoms with Crippen molar-refractivity contribution in [3.05, 3.63) is 53.4 Å². The Balaban J connectivity index is 1.61. The number of halogens is 1. The molecule has 0 atom stereocenters. The topological polar surface area (TPSA) is 60.7 Å². The minimum absolute atomic E-state index is 0.0799. The largest absolute Gasteiger partial charge is 0.337 e. The zero-order valence-electron chi connectivity index (χ0n) is 11.9. The fourth-order valence-electron chi connectivity index (χ4n) is 2.29. The van der Waals surface area contributed by atoms with Gasteiger partial charge in [0.15, 0.2) is 5.78 Å². The van der Waals surface area contributed by atoms with Gasteiger partial charge in [-0.3, -0.25) is 9.78 Å². The van der Waals surface area contributed by atoms with Crippen LogP contribution in [0, 0.1) is 0 Å². The van der Waals surface area contributed by atoms with Gasteiger partial charge in [0.1, 0.15) is 5.69 Å². The molecule has 3 aromatic heterocycles. The number of fused-ring (bicyclic) bond motifs is 1. The van der Waals surface area contributed by atoms with Gasteiger partial charge in [-0.2, -0.15) is 0 Å². The van der Waals surface area contributed by atoms with E-state index in [4.69, 9.17) is 0 Å². The first-order valence-electron chi connectivity index (χ1n) is 7.13. The Morgan fingerprint density at radius 3 is 2.91 bits per heavy atom. The molecule has 0 unspecified atom stereocenters. The molecule has 0 spiro atoms. The Labute approximate surface area is 136 Å². The Morgan fingerprint density at radius 1 is 1.18 bits per heavy atom. The highest BCUT2D eigenvalue weighted by Gasteiger charge is 2.09. The Morgan fingerprint density at radius 2 is 2.09 bits per heavy atom. The van der Waals surface area contributed by atoms with Gasteiger partial charge in [-0.1, -0.05) is 0 Å². The van der Waals surface area contributed by atoms with E-state index in [-0.39, 0.29) is 5.78 Å². The molecule has 0 radical (unpaired) electrons. The fourth-order valence-corrected chi connectivity index (χ4v) is 2.73. The van der Waals surface area contributed by atoms with Crippen LogP contribution in [0.1, 0.15) is 29.8 Å². The summed E-state index contributed by atoms with van der Waals surface area (Å²) >= 11 is 3.42. The van der Waals surface area contributed by atoms with Gasteiger partial charge >= 0.3 is 0 Å². The number of aromatic nitrogens is 4. The maximum atomic E-state index is 12.2. The zero-order valence-corrected chi connectivity index (χ0v) is 13.5. The molecule has 112 valence electrons. The van der Waals surface area contributed by atoms with Gasteiger partial charge in [0.25, 0.3) is 0 Å². The van der Waals surface area contributed by atoms with Crippen molar-refractivity contribution in [3.8, 4) is 0 Å². The molecule has 3 aromatic rings. The molecule has 6 heteroatoms. The quantitative estimate of drug-likeness (QED) is 0.498. The lowest BCUT2D eigenvalue weighted by atomic mass is 10.1. The fraction of sp³-hybridized carbons (Fsp3) is 0.250. The van der Waals surface area contributed by atoms with Gasteiger partial charge in [-0.15, -0.1) is 0 Å². The highest BCUT2D eigenvalue weighted by molar-refractivity contribution is 9.10. The summed E-state index contributed by atoms with van der Waals surface area (Å²) in [5.74, 6) is 0.0799. The number of pyridine rings is 2. The Kier molecular flexibility index (Phi) is 4.58. The van der Waals surface area contributed by atoms with E-state index in [1.165, 1.54) is 0 Å². The number of imidazole rings is 1. The smallest absolute Gasteiger partial charge is 0.181 e. The Bertz CT molecular complexity index is 786. The van der Waals surface area contributed by atoms with E-state index in [2.05, 4.69) is 30.9 Å². The molecular formula is C16H15BrN4O. The second kappa shape index (κ2) is 6.79. The molecule has 0 aromatic carbocycles. The van der Waals surface area contributed by atoms with Gasteiger partial charge in [-0.25, -0.2) is 9.97 Å². The molecule has 0 aliphatic rings. The lowest BCUT2D eigenvalue weighted by molar-refractivity contribution is 0.0974. The number of hydrogen-bond donors (Lipinski definition) is 0.